The average molecular weight is 744 g/mol. The van der Waals surface area contributed by atoms with Gasteiger partial charge in [-0.15, -0.1) is 0 Å². The SMILES string of the molecule is NC=CCc1cn([C@H]2C[C@H](O)[C@@H](COP(=O)(O)OP(=O)(O)OP(=O)(O)O)O2)c(=O)[nH]c1=O.O=C(O)COc1ccc(Cl)cc1Cl. The number of hydrogen-bond acceptors (Lipinski definition) is 13. The maximum absolute atomic E-state index is 12.1. The minimum atomic E-state index is -5.70. The van der Waals surface area contributed by atoms with Crippen LogP contribution in [0, 0.1) is 0 Å². The van der Waals surface area contributed by atoms with E-state index >= 15 is 0 Å². The predicted octanol–water partition coefficient (Wildman–Crippen LogP) is 1.000. The number of phosphoric ester groups is 1. The van der Waals surface area contributed by atoms with Gasteiger partial charge in [-0.05, 0) is 30.8 Å². The second-order valence-electron chi connectivity index (χ2n) is 8.53. The Labute approximate surface area is 262 Å². The highest BCUT2D eigenvalue weighted by Gasteiger charge is 2.43. The van der Waals surface area contributed by atoms with Crippen LogP contribution in [0.15, 0.2) is 46.3 Å². The third-order valence-electron chi connectivity index (χ3n) is 5.09. The molecule has 0 saturated carbocycles. The molecule has 20 nitrogen and oxygen atoms in total. The van der Waals surface area contributed by atoms with Crippen molar-refractivity contribution in [2.45, 2.75) is 31.3 Å². The highest BCUT2D eigenvalue weighted by molar-refractivity contribution is 7.66. The summed E-state index contributed by atoms with van der Waals surface area (Å²) < 4.78 is 56.4. The van der Waals surface area contributed by atoms with Gasteiger partial charge in [-0.1, -0.05) is 29.3 Å². The normalized spacial score (nSPS) is 21.0. The lowest BCUT2D eigenvalue weighted by Gasteiger charge is -2.19. The number of carboxylic acid groups (broad SMARTS) is 1. The van der Waals surface area contributed by atoms with E-state index in [9.17, 15) is 38.1 Å². The van der Waals surface area contributed by atoms with Crippen LogP contribution >= 0.6 is 46.7 Å². The number of phosphoric acid groups is 3. The second kappa shape index (κ2) is 16.4. The summed E-state index contributed by atoms with van der Waals surface area (Å²) in [7, 11) is -16.7. The molecule has 1 aromatic heterocycles. The third-order valence-corrected chi connectivity index (χ3v) is 9.43. The first kappa shape index (κ1) is 38.8. The number of aromatic amines is 1. The molecule has 1 aromatic carbocycles. The second-order valence-corrected chi connectivity index (χ2v) is 13.8. The van der Waals surface area contributed by atoms with Crippen molar-refractivity contribution in [3.05, 3.63) is 73.1 Å². The fourth-order valence-electron chi connectivity index (χ4n) is 3.32. The number of halogens is 2. The summed E-state index contributed by atoms with van der Waals surface area (Å²) in [6.45, 7) is -1.32. The number of nitrogens with two attached hydrogens (primary N) is 1. The number of aliphatic carboxylic acids is 1. The van der Waals surface area contributed by atoms with Gasteiger partial charge in [0.1, 0.15) is 18.1 Å². The molecule has 1 aliphatic heterocycles. The number of rotatable bonds is 13. The van der Waals surface area contributed by atoms with Crippen LogP contribution < -0.4 is 21.7 Å². The summed E-state index contributed by atoms with van der Waals surface area (Å²) in [5.41, 5.74) is 3.86. The molecule has 2 unspecified atom stereocenters. The zero-order valence-electron chi connectivity index (χ0n) is 22.3. The van der Waals surface area contributed by atoms with Crippen molar-refractivity contribution in [1.29, 1.82) is 0 Å². The molecule has 252 valence electrons. The molecular weight excluding hydrogens is 718 g/mol. The van der Waals surface area contributed by atoms with Crippen LogP contribution in [-0.2, 0) is 42.8 Å². The molecule has 0 spiro atoms. The van der Waals surface area contributed by atoms with E-state index in [0.29, 0.717) is 15.8 Å². The summed E-state index contributed by atoms with van der Waals surface area (Å²) >= 11 is 11.3. The molecular formula is C20H26Cl2N3O17P3. The number of carbonyl (C=O) groups is 1. The van der Waals surface area contributed by atoms with Crippen LogP contribution in [0.3, 0.4) is 0 Å². The van der Waals surface area contributed by atoms with Crippen molar-refractivity contribution in [1.82, 2.24) is 9.55 Å². The van der Waals surface area contributed by atoms with Gasteiger partial charge in [0.2, 0.25) is 0 Å². The van der Waals surface area contributed by atoms with E-state index < -0.39 is 72.3 Å². The number of allylic oxidation sites excluding steroid dienone is 1. The number of aliphatic hydroxyl groups excluding tert-OH is 1. The molecule has 0 aliphatic carbocycles. The minimum Gasteiger partial charge on any atom is -0.480 e. The minimum absolute atomic E-state index is 0.0941. The summed E-state index contributed by atoms with van der Waals surface area (Å²) in [6, 6.07) is 4.58. The number of nitrogens with zero attached hydrogens (tertiary/aromatic N) is 1. The van der Waals surface area contributed by atoms with Crippen LogP contribution in [0.1, 0.15) is 18.2 Å². The van der Waals surface area contributed by atoms with E-state index in [0.717, 1.165) is 4.57 Å². The molecule has 1 fully saturated rings. The number of aromatic nitrogens is 2. The standard InChI is InChI=1S/C12H20N3O14P3.C8H6Cl2O3/c13-3-1-2-7-5-15(12(18)14-11(7)17)10-4-8(16)9(27-10)6-26-31(22,23)29-32(24,25)28-30(19,20)21;9-5-1-2-7(6(10)3-5)13-4-8(11)12/h1,3,5,8-10,16H,2,4,6,13H2,(H,22,23)(H,24,25)(H,14,17,18)(H2,19,20,21);1-3H,4H2,(H,11,12)/t8-,9+,10+;/m0./s1. The van der Waals surface area contributed by atoms with E-state index in [1.165, 1.54) is 30.6 Å². The zero-order valence-corrected chi connectivity index (χ0v) is 26.5. The fraction of sp³-hybridized carbons (Fsp3) is 0.350. The van der Waals surface area contributed by atoms with Crippen LogP contribution in [0.25, 0.3) is 0 Å². The Morgan fingerprint density at radius 2 is 1.80 bits per heavy atom. The fourth-order valence-corrected chi connectivity index (χ4v) is 6.81. The molecule has 0 bridgehead atoms. The van der Waals surface area contributed by atoms with E-state index in [4.69, 9.17) is 58.2 Å². The topological polar surface area (TPSA) is 317 Å². The first-order valence-electron chi connectivity index (χ1n) is 11.8. The molecule has 45 heavy (non-hydrogen) atoms. The number of carboxylic acids is 1. The maximum Gasteiger partial charge on any atom is 0.490 e. The molecule has 0 radical (unpaired) electrons. The number of benzene rings is 1. The van der Waals surface area contributed by atoms with E-state index in [1.807, 2.05) is 0 Å². The van der Waals surface area contributed by atoms with Gasteiger partial charge < -0.3 is 45.0 Å². The number of H-pyrrole nitrogens is 1. The molecule has 9 N–H and O–H groups in total. The quantitative estimate of drug-likeness (QED) is 0.133. The zero-order chi connectivity index (χ0) is 34.2. The number of hydrogen-bond donors (Lipinski definition) is 8. The van der Waals surface area contributed by atoms with E-state index in [2.05, 4.69) is 18.1 Å². The molecule has 2 aromatic rings. The number of ether oxygens (including phenoxy) is 2. The molecule has 2 heterocycles. The number of aliphatic hydroxyl groups is 1. The Morgan fingerprint density at radius 1 is 1.13 bits per heavy atom. The highest BCUT2D eigenvalue weighted by atomic mass is 35.5. The number of nitrogens with one attached hydrogen (secondary N) is 1. The molecule has 1 saturated heterocycles. The summed E-state index contributed by atoms with van der Waals surface area (Å²) in [5, 5.41) is 19.2. The largest absolute Gasteiger partial charge is 0.490 e. The summed E-state index contributed by atoms with van der Waals surface area (Å²) in [6.07, 6.45) is -0.0828. The van der Waals surface area contributed by atoms with Gasteiger partial charge in [0, 0.05) is 23.2 Å². The summed E-state index contributed by atoms with van der Waals surface area (Å²) in [4.78, 5) is 71.7. The Hall–Kier alpha value is -2.38. The van der Waals surface area contributed by atoms with Crippen LogP contribution in [-0.4, -0.2) is 70.7 Å². The van der Waals surface area contributed by atoms with Crippen molar-refractivity contribution in [2.75, 3.05) is 13.2 Å². The molecule has 3 rings (SSSR count). The Morgan fingerprint density at radius 3 is 2.38 bits per heavy atom. The van der Waals surface area contributed by atoms with Crippen molar-refractivity contribution >= 4 is 52.6 Å². The molecule has 0 amide bonds. The van der Waals surface area contributed by atoms with Crippen LogP contribution in [0.4, 0.5) is 0 Å². The van der Waals surface area contributed by atoms with Crippen LogP contribution in [0.5, 0.6) is 5.75 Å². The van der Waals surface area contributed by atoms with Gasteiger partial charge in [0.15, 0.2) is 6.61 Å². The van der Waals surface area contributed by atoms with Gasteiger partial charge in [-0.2, -0.15) is 8.62 Å². The van der Waals surface area contributed by atoms with Gasteiger partial charge in [-0.3, -0.25) is 18.9 Å². The Kier molecular flexibility index (Phi) is 14.2. The lowest BCUT2D eigenvalue weighted by molar-refractivity contribution is -0.139. The third kappa shape index (κ3) is 13.5. The lowest BCUT2D eigenvalue weighted by Crippen LogP contribution is -2.34. The molecule has 1 aliphatic rings. The molecule has 25 heteroatoms. The smallest absolute Gasteiger partial charge is 0.480 e. The Bertz CT molecular complexity index is 1640. The highest BCUT2D eigenvalue weighted by Crippen LogP contribution is 2.66. The first-order chi connectivity index (χ1) is 20.7. The molecule has 5 atom stereocenters. The van der Waals surface area contributed by atoms with Gasteiger partial charge in [0.05, 0.1) is 17.7 Å². The summed E-state index contributed by atoms with van der Waals surface area (Å²) in [5.74, 6) is -0.737. The van der Waals surface area contributed by atoms with Gasteiger partial charge in [0.25, 0.3) is 5.56 Å². The van der Waals surface area contributed by atoms with Crippen LogP contribution in [0.2, 0.25) is 10.0 Å². The Balaban J connectivity index is 0.000000452. The lowest BCUT2D eigenvalue weighted by atomic mass is 10.2. The van der Waals surface area contributed by atoms with E-state index in [1.54, 1.807) is 6.07 Å². The van der Waals surface area contributed by atoms with Crippen molar-refractivity contribution in [3.63, 3.8) is 0 Å². The van der Waals surface area contributed by atoms with Crippen molar-refractivity contribution in [2.24, 2.45) is 5.73 Å². The van der Waals surface area contributed by atoms with Crippen molar-refractivity contribution < 1.29 is 70.9 Å². The predicted molar refractivity (Wildman–Crippen MR) is 152 cm³/mol. The van der Waals surface area contributed by atoms with Gasteiger partial charge >= 0.3 is 35.1 Å². The monoisotopic (exact) mass is 743 g/mol. The average Bonchev–Trinajstić information content (AvgIpc) is 3.24. The first-order valence-corrected chi connectivity index (χ1v) is 17.1. The van der Waals surface area contributed by atoms with Crippen molar-refractivity contribution in [3.8, 4) is 5.75 Å². The maximum atomic E-state index is 12.1. The van der Waals surface area contributed by atoms with E-state index in [-0.39, 0.29) is 18.4 Å². The van der Waals surface area contributed by atoms with Gasteiger partial charge in [-0.25, -0.2) is 23.3 Å².